The van der Waals surface area contributed by atoms with Crippen molar-refractivity contribution in [2.75, 3.05) is 6.61 Å². The first-order chi connectivity index (χ1) is 12.6. The molecule has 0 spiro atoms. The van der Waals surface area contributed by atoms with Crippen molar-refractivity contribution < 1.29 is 18.8 Å². The third kappa shape index (κ3) is 3.91. The molecule has 6 nitrogen and oxygen atoms in total. The van der Waals surface area contributed by atoms with Gasteiger partial charge in [0.1, 0.15) is 5.69 Å². The van der Waals surface area contributed by atoms with E-state index in [1.807, 2.05) is 43.3 Å². The Morgan fingerprint density at radius 2 is 1.96 bits per heavy atom. The summed E-state index contributed by atoms with van der Waals surface area (Å²) in [5.41, 5.74) is 2.89. The van der Waals surface area contributed by atoms with Crippen LogP contribution in [-0.2, 0) is 20.7 Å². The number of amides is 1. The normalized spacial score (nSPS) is 11.9. The van der Waals surface area contributed by atoms with Gasteiger partial charge in [0.2, 0.25) is 5.91 Å². The highest BCUT2D eigenvalue weighted by molar-refractivity contribution is 5.89. The van der Waals surface area contributed by atoms with Crippen LogP contribution < -0.4 is 5.32 Å². The lowest BCUT2D eigenvalue weighted by Gasteiger charge is -2.17. The Bertz CT molecular complexity index is 918. The Kier molecular flexibility index (Phi) is 5.31. The van der Waals surface area contributed by atoms with Crippen molar-refractivity contribution in [3.05, 3.63) is 65.4 Å². The molecule has 0 bridgehead atoms. The van der Waals surface area contributed by atoms with Crippen LogP contribution >= 0.6 is 0 Å². The first-order valence-corrected chi connectivity index (χ1v) is 8.44. The van der Waals surface area contributed by atoms with Crippen molar-refractivity contribution in [1.82, 2.24) is 10.5 Å². The predicted octanol–water partition coefficient (Wildman–Crippen LogP) is 3.10. The van der Waals surface area contributed by atoms with E-state index in [4.69, 9.17) is 9.26 Å². The number of carbonyl (C=O) groups excluding carboxylic acids is 2. The maximum absolute atomic E-state index is 12.5. The fraction of sp³-hybridized carbons (Fsp3) is 0.250. The minimum atomic E-state index is -0.858. The minimum absolute atomic E-state index is 0.0131. The number of hydrogen-bond acceptors (Lipinski definition) is 5. The monoisotopic (exact) mass is 352 g/mol. The Hall–Kier alpha value is -3.15. The summed E-state index contributed by atoms with van der Waals surface area (Å²) >= 11 is 0. The van der Waals surface area contributed by atoms with Gasteiger partial charge in [-0.3, -0.25) is 4.79 Å². The number of hydrogen-bond donors (Lipinski definition) is 1. The van der Waals surface area contributed by atoms with Crippen LogP contribution in [0.4, 0.5) is 0 Å². The molecular weight excluding hydrogens is 332 g/mol. The van der Waals surface area contributed by atoms with E-state index in [0.29, 0.717) is 16.8 Å². The molecule has 1 unspecified atom stereocenters. The molecule has 1 heterocycles. The highest BCUT2D eigenvalue weighted by Crippen LogP contribution is 2.21. The van der Waals surface area contributed by atoms with E-state index >= 15 is 0 Å². The molecule has 0 aliphatic carbocycles. The molecule has 1 aromatic heterocycles. The number of rotatable bonds is 6. The summed E-state index contributed by atoms with van der Waals surface area (Å²) in [5.74, 6) is -0.823. The fourth-order valence-electron chi connectivity index (χ4n) is 2.74. The Labute approximate surface area is 151 Å². The zero-order valence-corrected chi connectivity index (χ0v) is 14.7. The number of ether oxygens (including phenoxy) is 1. The molecule has 26 heavy (non-hydrogen) atoms. The van der Waals surface area contributed by atoms with Crippen LogP contribution in [0.25, 0.3) is 11.0 Å². The number of aryl methyl sites for hydroxylation is 1. The van der Waals surface area contributed by atoms with E-state index in [9.17, 15) is 9.59 Å². The van der Waals surface area contributed by atoms with Gasteiger partial charge in [0.15, 0.2) is 11.6 Å². The van der Waals surface area contributed by atoms with Crippen LogP contribution in [0.5, 0.6) is 0 Å². The second-order valence-corrected chi connectivity index (χ2v) is 5.97. The summed E-state index contributed by atoms with van der Waals surface area (Å²) < 4.78 is 10.4. The molecular formula is C20H20N2O4. The lowest BCUT2D eigenvalue weighted by Crippen LogP contribution is -2.35. The topological polar surface area (TPSA) is 81.4 Å². The Morgan fingerprint density at radius 3 is 2.69 bits per heavy atom. The van der Waals surface area contributed by atoms with Gasteiger partial charge in [-0.05, 0) is 31.5 Å². The van der Waals surface area contributed by atoms with E-state index in [1.165, 1.54) is 0 Å². The number of nitrogens with zero attached hydrogens (tertiary/aromatic N) is 1. The van der Waals surface area contributed by atoms with Crippen LogP contribution in [0.1, 0.15) is 29.8 Å². The number of carbonyl (C=O) groups is 2. The van der Waals surface area contributed by atoms with Crippen molar-refractivity contribution >= 4 is 22.8 Å². The second-order valence-electron chi connectivity index (χ2n) is 5.97. The maximum Gasteiger partial charge on any atom is 0.333 e. The molecule has 1 N–H and O–H groups in total. The first-order valence-electron chi connectivity index (χ1n) is 8.44. The number of esters is 1. The third-order valence-electron chi connectivity index (χ3n) is 3.99. The fourth-order valence-corrected chi connectivity index (χ4v) is 2.74. The average Bonchev–Trinajstić information content (AvgIpc) is 3.02. The van der Waals surface area contributed by atoms with Gasteiger partial charge >= 0.3 is 5.97 Å². The van der Waals surface area contributed by atoms with Crippen molar-refractivity contribution in [2.24, 2.45) is 0 Å². The summed E-state index contributed by atoms with van der Waals surface area (Å²) in [5, 5.41) is 7.52. The van der Waals surface area contributed by atoms with Crippen molar-refractivity contribution in [2.45, 2.75) is 26.3 Å². The van der Waals surface area contributed by atoms with E-state index < -0.39 is 12.0 Å². The van der Waals surface area contributed by atoms with E-state index in [-0.39, 0.29) is 18.9 Å². The number of fused-ring (bicyclic) bond motifs is 1. The van der Waals surface area contributed by atoms with Gasteiger partial charge in [-0.15, -0.1) is 0 Å². The minimum Gasteiger partial charge on any atom is -0.464 e. The van der Waals surface area contributed by atoms with Crippen LogP contribution in [-0.4, -0.2) is 23.6 Å². The van der Waals surface area contributed by atoms with Gasteiger partial charge in [-0.2, -0.15) is 0 Å². The summed E-state index contributed by atoms with van der Waals surface area (Å²) in [7, 11) is 0. The van der Waals surface area contributed by atoms with Crippen LogP contribution in [0.3, 0.4) is 0 Å². The zero-order valence-electron chi connectivity index (χ0n) is 14.7. The molecule has 2 aromatic carbocycles. The summed E-state index contributed by atoms with van der Waals surface area (Å²) in [6.45, 7) is 3.93. The third-order valence-corrected chi connectivity index (χ3v) is 3.99. The van der Waals surface area contributed by atoms with Crippen molar-refractivity contribution in [1.29, 1.82) is 0 Å². The van der Waals surface area contributed by atoms with Crippen LogP contribution in [0.15, 0.2) is 53.1 Å². The molecule has 6 heteroatoms. The lowest BCUT2D eigenvalue weighted by atomic mass is 10.1. The lowest BCUT2D eigenvalue weighted by molar-refractivity contribution is -0.147. The largest absolute Gasteiger partial charge is 0.464 e. The second kappa shape index (κ2) is 7.82. The summed E-state index contributed by atoms with van der Waals surface area (Å²) in [6.07, 6.45) is 0.0131. The van der Waals surface area contributed by atoms with Crippen molar-refractivity contribution in [3.63, 3.8) is 0 Å². The van der Waals surface area contributed by atoms with Crippen LogP contribution in [0, 0.1) is 6.92 Å². The van der Waals surface area contributed by atoms with Gasteiger partial charge in [0, 0.05) is 5.39 Å². The molecule has 1 amide bonds. The molecule has 0 fully saturated rings. The van der Waals surface area contributed by atoms with Gasteiger partial charge in [0.25, 0.3) is 0 Å². The predicted molar refractivity (Wildman–Crippen MR) is 96.4 cm³/mol. The van der Waals surface area contributed by atoms with E-state index in [1.54, 1.807) is 19.1 Å². The summed E-state index contributed by atoms with van der Waals surface area (Å²) in [4.78, 5) is 24.8. The Balaban J connectivity index is 1.79. The molecule has 3 aromatic rings. The van der Waals surface area contributed by atoms with Gasteiger partial charge in [-0.25, -0.2) is 4.79 Å². The highest BCUT2D eigenvalue weighted by atomic mass is 16.5. The van der Waals surface area contributed by atoms with E-state index in [0.717, 1.165) is 10.9 Å². The molecule has 3 rings (SSSR count). The standard InChI is InChI=1S/C20H20N2O4/c1-3-25-20(24)19(14-7-5-4-6-8-14)21-18(23)12-16-15-11-13(2)9-10-17(15)26-22-16/h4-11,19H,3,12H2,1-2H3,(H,21,23). The first kappa shape index (κ1) is 17.7. The van der Waals surface area contributed by atoms with Gasteiger partial charge in [0.05, 0.1) is 13.0 Å². The molecule has 134 valence electrons. The maximum atomic E-state index is 12.5. The van der Waals surface area contributed by atoms with Gasteiger partial charge < -0.3 is 14.6 Å². The molecule has 0 saturated heterocycles. The average molecular weight is 352 g/mol. The number of benzene rings is 2. The summed E-state index contributed by atoms with van der Waals surface area (Å²) in [6, 6.07) is 13.8. The number of aromatic nitrogens is 1. The molecule has 0 aliphatic heterocycles. The Morgan fingerprint density at radius 1 is 1.19 bits per heavy atom. The highest BCUT2D eigenvalue weighted by Gasteiger charge is 2.24. The van der Waals surface area contributed by atoms with E-state index in [2.05, 4.69) is 10.5 Å². The molecule has 1 atom stereocenters. The number of nitrogens with one attached hydrogen (secondary N) is 1. The molecule has 0 aliphatic rings. The van der Waals surface area contributed by atoms with Gasteiger partial charge in [-0.1, -0.05) is 47.1 Å². The molecule has 0 saturated carbocycles. The quantitative estimate of drug-likeness (QED) is 0.690. The van der Waals surface area contributed by atoms with Crippen molar-refractivity contribution in [3.8, 4) is 0 Å². The van der Waals surface area contributed by atoms with Crippen LogP contribution in [0.2, 0.25) is 0 Å². The SMILES string of the molecule is CCOC(=O)C(NC(=O)Cc1noc2ccc(C)cc12)c1ccccc1. The zero-order chi connectivity index (χ0) is 18.5. The molecule has 0 radical (unpaired) electrons. The smallest absolute Gasteiger partial charge is 0.333 e.